The van der Waals surface area contributed by atoms with Crippen LogP contribution in [-0.2, 0) is 4.74 Å². The van der Waals surface area contributed by atoms with E-state index in [0.29, 0.717) is 0 Å². The van der Waals surface area contributed by atoms with Gasteiger partial charge in [-0.25, -0.2) is 4.39 Å². The van der Waals surface area contributed by atoms with Crippen LogP contribution in [0.2, 0.25) is 0 Å². The summed E-state index contributed by atoms with van der Waals surface area (Å²) in [5.74, 6) is -0.850. The molecule has 0 spiro atoms. The molecule has 1 aliphatic rings. The summed E-state index contributed by atoms with van der Waals surface area (Å²) in [6, 6.07) is 5.99. The third-order valence-electron chi connectivity index (χ3n) is 3.13. The van der Waals surface area contributed by atoms with Crippen molar-refractivity contribution >= 4 is 5.91 Å². The molecule has 1 aliphatic heterocycles. The Kier molecular flexibility index (Phi) is 4.87. The molecular formula is C14H19FN2O2. The van der Waals surface area contributed by atoms with E-state index in [-0.39, 0.29) is 17.5 Å². The number of amides is 1. The molecule has 0 aromatic heterocycles. The summed E-state index contributed by atoms with van der Waals surface area (Å²) < 4.78 is 18.7. The first-order valence-electron chi connectivity index (χ1n) is 6.52. The molecule has 1 N–H and O–H groups in total. The Balaban J connectivity index is 1.86. The monoisotopic (exact) mass is 266 g/mol. The van der Waals surface area contributed by atoms with E-state index in [1.54, 1.807) is 12.1 Å². The molecule has 19 heavy (non-hydrogen) atoms. The minimum atomic E-state index is -0.487. The Hall–Kier alpha value is -1.46. The second-order valence-corrected chi connectivity index (χ2v) is 4.77. The SMILES string of the molecule is CC(CN1CCOCC1)NC(=O)c1ccccc1F. The summed E-state index contributed by atoms with van der Waals surface area (Å²) >= 11 is 0. The maximum absolute atomic E-state index is 13.5. The molecular weight excluding hydrogens is 247 g/mol. The van der Waals surface area contributed by atoms with Gasteiger partial charge < -0.3 is 10.1 Å². The van der Waals surface area contributed by atoms with Crippen molar-refractivity contribution in [2.24, 2.45) is 0 Å². The molecule has 4 nitrogen and oxygen atoms in total. The molecule has 0 saturated carbocycles. The average Bonchev–Trinajstić information content (AvgIpc) is 2.40. The Morgan fingerprint density at radius 1 is 1.42 bits per heavy atom. The predicted molar refractivity (Wildman–Crippen MR) is 70.6 cm³/mol. The van der Waals surface area contributed by atoms with E-state index >= 15 is 0 Å². The summed E-state index contributed by atoms with van der Waals surface area (Å²) in [7, 11) is 0. The first-order chi connectivity index (χ1) is 9.16. The van der Waals surface area contributed by atoms with Crippen LogP contribution in [-0.4, -0.2) is 49.7 Å². The van der Waals surface area contributed by atoms with Crippen molar-refractivity contribution in [3.63, 3.8) is 0 Å². The molecule has 5 heteroatoms. The summed E-state index contributed by atoms with van der Waals surface area (Å²) in [6.45, 7) is 5.89. The van der Waals surface area contributed by atoms with E-state index in [1.807, 2.05) is 6.92 Å². The van der Waals surface area contributed by atoms with E-state index in [2.05, 4.69) is 10.2 Å². The molecule has 1 fully saturated rings. The van der Waals surface area contributed by atoms with Gasteiger partial charge in [0.05, 0.1) is 18.8 Å². The molecule has 104 valence electrons. The maximum Gasteiger partial charge on any atom is 0.254 e. The van der Waals surface area contributed by atoms with E-state index in [9.17, 15) is 9.18 Å². The van der Waals surface area contributed by atoms with Crippen molar-refractivity contribution in [2.75, 3.05) is 32.8 Å². The molecule has 1 aromatic rings. The number of ether oxygens (including phenoxy) is 1. The summed E-state index contributed by atoms with van der Waals surface area (Å²) in [5, 5.41) is 2.82. The van der Waals surface area contributed by atoms with Gasteiger partial charge in [0, 0.05) is 25.7 Å². The van der Waals surface area contributed by atoms with Gasteiger partial charge in [0.2, 0.25) is 0 Å². The quantitative estimate of drug-likeness (QED) is 0.892. The number of hydrogen-bond donors (Lipinski definition) is 1. The number of halogens is 1. The van der Waals surface area contributed by atoms with Crippen LogP contribution in [0.4, 0.5) is 4.39 Å². The molecule has 2 rings (SSSR count). The number of benzene rings is 1. The molecule has 1 unspecified atom stereocenters. The van der Waals surface area contributed by atoms with E-state index in [1.165, 1.54) is 12.1 Å². The normalized spacial score (nSPS) is 18.0. The lowest BCUT2D eigenvalue weighted by Gasteiger charge is -2.29. The van der Waals surface area contributed by atoms with Gasteiger partial charge in [-0.1, -0.05) is 12.1 Å². The minimum absolute atomic E-state index is 0.0230. The summed E-state index contributed by atoms with van der Waals surface area (Å²) in [5.41, 5.74) is 0.0938. The largest absolute Gasteiger partial charge is 0.379 e. The lowest BCUT2D eigenvalue weighted by molar-refractivity contribution is 0.0342. The Morgan fingerprint density at radius 2 is 2.11 bits per heavy atom. The highest BCUT2D eigenvalue weighted by molar-refractivity contribution is 5.94. The fourth-order valence-corrected chi connectivity index (χ4v) is 2.16. The van der Waals surface area contributed by atoms with Crippen molar-refractivity contribution < 1.29 is 13.9 Å². The Labute approximate surface area is 112 Å². The molecule has 1 aromatic carbocycles. The first-order valence-corrected chi connectivity index (χ1v) is 6.52. The number of carbonyl (C=O) groups excluding carboxylic acids is 1. The van der Waals surface area contributed by atoms with Gasteiger partial charge in [0.1, 0.15) is 5.82 Å². The third-order valence-corrected chi connectivity index (χ3v) is 3.13. The van der Waals surface area contributed by atoms with Crippen molar-refractivity contribution in [1.82, 2.24) is 10.2 Å². The van der Waals surface area contributed by atoms with Gasteiger partial charge >= 0.3 is 0 Å². The zero-order valence-corrected chi connectivity index (χ0v) is 11.1. The molecule has 1 amide bonds. The molecule has 1 atom stereocenters. The zero-order valence-electron chi connectivity index (χ0n) is 11.1. The number of nitrogens with zero attached hydrogens (tertiary/aromatic N) is 1. The van der Waals surface area contributed by atoms with Crippen molar-refractivity contribution in [3.05, 3.63) is 35.6 Å². The predicted octanol–water partition coefficient (Wildman–Crippen LogP) is 1.28. The molecule has 0 radical (unpaired) electrons. The fraction of sp³-hybridized carbons (Fsp3) is 0.500. The summed E-state index contributed by atoms with van der Waals surface area (Å²) in [6.07, 6.45) is 0. The fourth-order valence-electron chi connectivity index (χ4n) is 2.16. The van der Waals surface area contributed by atoms with Gasteiger partial charge in [-0.15, -0.1) is 0 Å². The lowest BCUT2D eigenvalue weighted by Crippen LogP contribution is -2.46. The second kappa shape index (κ2) is 6.63. The van der Waals surface area contributed by atoms with Gasteiger partial charge in [0.25, 0.3) is 5.91 Å². The molecule has 1 heterocycles. The smallest absolute Gasteiger partial charge is 0.254 e. The highest BCUT2D eigenvalue weighted by Crippen LogP contribution is 2.06. The van der Waals surface area contributed by atoms with Gasteiger partial charge in [-0.05, 0) is 19.1 Å². The van der Waals surface area contributed by atoms with Gasteiger partial charge in [0.15, 0.2) is 0 Å². The highest BCUT2D eigenvalue weighted by atomic mass is 19.1. The van der Waals surface area contributed by atoms with Gasteiger partial charge in [-0.2, -0.15) is 0 Å². The van der Waals surface area contributed by atoms with Crippen molar-refractivity contribution in [2.45, 2.75) is 13.0 Å². The number of nitrogens with one attached hydrogen (secondary N) is 1. The van der Waals surface area contributed by atoms with E-state index in [4.69, 9.17) is 4.74 Å². The van der Waals surface area contributed by atoms with Crippen LogP contribution in [0, 0.1) is 5.82 Å². The van der Waals surface area contributed by atoms with Crippen LogP contribution >= 0.6 is 0 Å². The highest BCUT2D eigenvalue weighted by Gasteiger charge is 2.17. The number of rotatable bonds is 4. The molecule has 1 saturated heterocycles. The van der Waals surface area contributed by atoms with Crippen LogP contribution in [0.5, 0.6) is 0 Å². The van der Waals surface area contributed by atoms with Crippen LogP contribution < -0.4 is 5.32 Å². The first kappa shape index (κ1) is 14.0. The topological polar surface area (TPSA) is 41.6 Å². The van der Waals surface area contributed by atoms with Crippen molar-refractivity contribution in [1.29, 1.82) is 0 Å². The van der Waals surface area contributed by atoms with Gasteiger partial charge in [-0.3, -0.25) is 9.69 Å². The van der Waals surface area contributed by atoms with Crippen LogP contribution in [0.3, 0.4) is 0 Å². The Morgan fingerprint density at radius 3 is 2.79 bits per heavy atom. The standard InChI is InChI=1S/C14H19FN2O2/c1-11(10-17-6-8-19-9-7-17)16-14(18)12-4-2-3-5-13(12)15/h2-5,11H,6-10H2,1H3,(H,16,18). The molecule has 0 bridgehead atoms. The van der Waals surface area contributed by atoms with E-state index in [0.717, 1.165) is 32.8 Å². The van der Waals surface area contributed by atoms with Crippen LogP contribution in [0.1, 0.15) is 17.3 Å². The lowest BCUT2D eigenvalue weighted by atomic mass is 10.2. The third kappa shape index (κ3) is 4.01. The number of hydrogen-bond acceptors (Lipinski definition) is 3. The van der Waals surface area contributed by atoms with Crippen LogP contribution in [0.15, 0.2) is 24.3 Å². The average molecular weight is 266 g/mol. The molecule has 0 aliphatic carbocycles. The maximum atomic E-state index is 13.5. The zero-order chi connectivity index (χ0) is 13.7. The number of morpholine rings is 1. The van der Waals surface area contributed by atoms with Crippen LogP contribution in [0.25, 0.3) is 0 Å². The van der Waals surface area contributed by atoms with E-state index < -0.39 is 5.82 Å². The minimum Gasteiger partial charge on any atom is -0.379 e. The number of carbonyl (C=O) groups is 1. The van der Waals surface area contributed by atoms with Crippen molar-refractivity contribution in [3.8, 4) is 0 Å². The Bertz CT molecular complexity index is 433. The summed E-state index contributed by atoms with van der Waals surface area (Å²) in [4.78, 5) is 14.2. The second-order valence-electron chi connectivity index (χ2n) is 4.77.